The lowest BCUT2D eigenvalue weighted by Gasteiger charge is -2.10. The highest BCUT2D eigenvalue weighted by molar-refractivity contribution is 6.00. The van der Waals surface area contributed by atoms with Crippen LogP contribution in [0.2, 0.25) is 0 Å². The third kappa shape index (κ3) is 4.54. The number of nitrogens with one attached hydrogen (secondary N) is 2. The van der Waals surface area contributed by atoms with E-state index in [4.69, 9.17) is 4.74 Å². The first-order valence-corrected chi connectivity index (χ1v) is 7.11. The maximum Gasteiger partial charge on any atom is 0.338 e. The van der Waals surface area contributed by atoms with Gasteiger partial charge in [0.25, 0.3) is 0 Å². The van der Waals surface area contributed by atoms with Gasteiger partial charge in [0.15, 0.2) is 0 Å². The summed E-state index contributed by atoms with van der Waals surface area (Å²) in [6, 6.07) is 9.95. The van der Waals surface area contributed by atoms with Gasteiger partial charge in [-0.1, -0.05) is 6.07 Å². The molecule has 5 nitrogen and oxygen atoms in total. The molecule has 0 aromatic heterocycles. The van der Waals surface area contributed by atoms with Gasteiger partial charge in [0, 0.05) is 11.4 Å². The molecule has 23 heavy (non-hydrogen) atoms. The summed E-state index contributed by atoms with van der Waals surface area (Å²) in [6.07, 6.45) is 0. The summed E-state index contributed by atoms with van der Waals surface area (Å²) in [6.45, 7) is 3.80. The summed E-state index contributed by atoms with van der Waals surface area (Å²) in [5.74, 6) is -0.844. The van der Waals surface area contributed by atoms with Crippen molar-refractivity contribution < 1.29 is 18.7 Å². The van der Waals surface area contributed by atoms with E-state index in [9.17, 15) is 14.0 Å². The number of amides is 2. The van der Waals surface area contributed by atoms with E-state index in [-0.39, 0.29) is 0 Å². The largest absolute Gasteiger partial charge is 0.462 e. The normalized spacial score (nSPS) is 10.0. The van der Waals surface area contributed by atoms with Crippen molar-refractivity contribution in [3.8, 4) is 0 Å². The molecular weight excluding hydrogens is 299 g/mol. The first-order chi connectivity index (χ1) is 11.0. The van der Waals surface area contributed by atoms with Gasteiger partial charge >= 0.3 is 12.0 Å². The minimum absolute atomic E-state index is 0.300. The molecule has 0 spiro atoms. The monoisotopic (exact) mass is 316 g/mol. The van der Waals surface area contributed by atoms with Gasteiger partial charge in [-0.2, -0.15) is 0 Å². The fourth-order valence-electron chi connectivity index (χ4n) is 1.92. The molecule has 2 amide bonds. The van der Waals surface area contributed by atoms with Crippen molar-refractivity contribution in [2.75, 3.05) is 17.2 Å². The van der Waals surface area contributed by atoms with Gasteiger partial charge in [0.05, 0.1) is 12.2 Å². The van der Waals surface area contributed by atoms with Crippen LogP contribution in [0.3, 0.4) is 0 Å². The standard InChI is InChI=1S/C17H17FN2O3/c1-3-23-16(21)12-5-8-14(9-6-12)19-17(22)20-15-10-13(18)7-4-11(15)2/h4-10H,3H2,1-2H3,(H2,19,20,22). The number of halogens is 1. The molecule has 6 heteroatoms. The summed E-state index contributed by atoms with van der Waals surface area (Å²) in [5.41, 5.74) is 2.05. The zero-order chi connectivity index (χ0) is 16.8. The molecule has 120 valence electrons. The van der Waals surface area contributed by atoms with Crippen molar-refractivity contribution in [1.82, 2.24) is 0 Å². The predicted octanol–water partition coefficient (Wildman–Crippen LogP) is 3.95. The number of hydrogen-bond acceptors (Lipinski definition) is 3. The van der Waals surface area contributed by atoms with Gasteiger partial charge in [0.1, 0.15) is 5.82 Å². The van der Waals surface area contributed by atoms with Gasteiger partial charge in [-0.25, -0.2) is 14.0 Å². The summed E-state index contributed by atoms with van der Waals surface area (Å²) >= 11 is 0. The lowest BCUT2D eigenvalue weighted by molar-refractivity contribution is 0.0526. The molecule has 2 rings (SSSR count). The molecule has 0 radical (unpaired) electrons. The number of hydrogen-bond donors (Lipinski definition) is 2. The summed E-state index contributed by atoms with van der Waals surface area (Å²) < 4.78 is 18.1. The Labute approximate surface area is 133 Å². The van der Waals surface area contributed by atoms with Gasteiger partial charge < -0.3 is 15.4 Å². The molecule has 0 heterocycles. The first-order valence-electron chi connectivity index (χ1n) is 7.11. The Kier molecular flexibility index (Phi) is 5.30. The maximum absolute atomic E-state index is 13.2. The number of anilines is 2. The minimum atomic E-state index is -0.498. The Morgan fingerprint density at radius 3 is 2.43 bits per heavy atom. The second kappa shape index (κ2) is 7.40. The number of ether oxygens (including phenoxy) is 1. The third-order valence-corrected chi connectivity index (χ3v) is 3.10. The van der Waals surface area contributed by atoms with Crippen molar-refractivity contribution in [2.24, 2.45) is 0 Å². The van der Waals surface area contributed by atoms with Crippen LogP contribution in [0.1, 0.15) is 22.8 Å². The molecule has 0 fully saturated rings. The number of urea groups is 1. The summed E-state index contributed by atoms with van der Waals surface area (Å²) in [5, 5.41) is 5.19. The highest BCUT2D eigenvalue weighted by Gasteiger charge is 2.08. The van der Waals surface area contributed by atoms with E-state index in [1.54, 1.807) is 44.2 Å². The second-order valence-electron chi connectivity index (χ2n) is 4.84. The highest BCUT2D eigenvalue weighted by atomic mass is 19.1. The Hall–Kier alpha value is -2.89. The Balaban J connectivity index is 2.00. The molecule has 2 N–H and O–H groups in total. The van der Waals surface area contributed by atoms with E-state index in [1.807, 2.05) is 0 Å². The van der Waals surface area contributed by atoms with Crippen LogP contribution in [0.4, 0.5) is 20.6 Å². The zero-order valence-corrected chi connectivity index (χ0v) is 12.9. The molecule has 0 saturated carbocycles. The summed E-state index contributed by atoms with van der Waals surface area (Å²) in [7, 11) is 0. The maximum atomic E-state index is 13.2. The molecule has 0 aliphatic heterocycles. The lowest BCUT2D eigenvalue weighted by Crippen LogP contribution is -2.20. The van der Waals surface area contributed by atoms with E-state index >= 15 is 0 Å². The zero-order valence-electron chi connectivity index (χ0n) is 12.9. The second-order valence-corrected chi connectivity index (χ2v) is 4.84. The molecule has 0 bridgehead atoms. The number of rotatable bonds is 4. The smallest absolute Gasteiger partial charge is 0.338 e. The number of carbonyl (C=O) groups excluding carboxylic acids is 2. The van der Waals surface area contributed by atoms with Gasteiger partial charge in [-0.15, -0.1) is 0 Å². The van der Waals surface area contributed by atoms with Crippen molar-refractivity contribution in [3.05, 3.63) is 59.4 Å². The molecular formula is C17H17FN2O3. The van der Waals surface area contributed by atoms with Crippen molar-refractivity contribution >= 4 is 23.4 Å². The molecule has 2 aromatic carbocycles. The van der Waals surface area contributed by atoms with Crippen LogP contribution in [0, 0.1) is 12.7 Å². The van der Waals surface area contributed by atoms with Gasteiger partial charge in [-0.3, -0.25) is 0 Å². The van der Waals surface area contributed by atoms with E-state index in [2.05, 4.69) is 10.6 Å². The Morgan fingerprint density at radius 1 is 1.09 bits per heavy atom. The lowest BCUT2D eigenvalue weighted by atomic mass is 10.2. The molecule has 0 saturated heterocycles. The van der Waals surface area contributed by atoms with Gasteiger partial charge in [0.2, 0.25) is 0 Å². The average molecular weight is 316 g/mol. The Morgan fingerprint density at radius 2 is 1.78 bits per heavy atom. The van der Waals surface area contributed by atoms with Crippen LogP contribution >= 0.6 is 0 Å². The van der Waals surface area contributed by atoms with E-state index in [0.29, 0.717) is 23.5 Å². The molecule has 0 aliphatic carbocycles. The van der Waals surface area contributed by atoms with Crippen molar-refractivity contribution in [1.29, 1.82) is 0 Å². The molecule has 0 atom stereocenters. The molecule has 0 aliphatic rings. The molecule has 2 aromatic rings. The van der Waals surface area contributed by atoms with Gasteiger partial charge in [-0.05, 0) is 55.8 Å². The van der Waals surface area contributed by atoms with Crippen LogP contribution in [0.25, 0.3) is 0 Å². The quantitative estimate of drug-likeness (QED) is 0.839. The Bertz CT molecular complexity index is 714. The number of carbonyl (C=O) groups is 2. The minimum Gasteiger partial charge on any atom is -0.462 e. The van der Waals surface area contributed by atoms with Crippen molar-refractivity contribution in [3.63, 3.8) is 0 Å². The number of benzene rings is 2. The van der Waals surface area contributed by atoms with Crippen LogP contribution < -0.4 is 10.6 Å². The van der Waals surface area contributed by atoms with E-state index in [0.717, 1.165) is 5.56 Å². The fraction of sp³-hybridized carbons (Fsp3) is 0.176. The predicted molar refractivity (Wildman–Crippen MR) is 86.2 cm³/mol. The SMILES string of the molecule is CCOC(=O)c1ccc(NC(=O)Nc2cc(F)ccc2C)cc1. The fourth-order valence-corrected chi connectivity index (χ4v) is 1.92. The average Bonchev–Trinajstić information content (AvgIpc) is 2.52. The van der Waals surface area contributed by atoms with E-state index in [1.165, 1.54) is 12.1 Å². The van der Waals surface area contributed by atoms with Crippen LogP contribution in [-0.4, -0.2) is 18.6 Å². The van der Waals surface area contributed by atoms with Crippen molar-refractivity contribution in [2.45, 2.75) is 13.8 Å². The highest BCUT2D eigenvalue weighted by Crippen LogP contribution is 2.17. The number of aryl methyl sites for hydroxylation is 1. The van der Waals surface area contributed by atoms with Crippen LogP contribution in [-0.2, 0) is 4.74 Å². The van der Waals surface area contributed by atoms with Crippen LogP contribution in [0.5, 0.6) is 0 Å². The van der Waals surface area contributed by atoms with E-state index < -0.39 is 17.8 Å². The van der Waals surface area contributed by atoms with Crippen LogP contribution in [0.15, 0.2) is 42.5 Å². The third-order valence-electron chi connectivity index (χ3n) is 3.10. The first kappa shape index (κ1) is 16.5. The number of esters is 1. The molecule has 0 unspecified atom stereocenters. The topological polar surface area (TPSA) is 67.4 Å². The summed E-state index contributed by atoms with van der Waals surface area (Å²) in [4.78, 5) is 23.5.